The molecule has 1 aliphatic carbocycles. The Morgan fingerprint density at radius 3 is 2.60 bits per heavy atom. The number of carbonyl (C=O) groups excluding carboxylic acids is 1. The van der Waals surface area contributed by atoms with Gasteiger partial charge in [0.05, 0.1) is 21.5 Å². The van der Waals surface area contributed by atoms with Crippen molar-refractivity contribution in [2.45, 2.75) is 50.2 Å². The molecule has 0 unspecified atom stereocenters. The molecule has 0 radical (unpaired) electrons. The first-order valence-corrected chi connectivity index (χ1v) is 10.1. The van der Waals surface area contributed by atoms with E-state index < -0.39 is 0 Å². The van der Waals surface area contributed by atoms with Gasteiger partial charge in [-0.15, -0.1) is 10.2 Å². The molecule has 1 fully saturated rings. The summed E-state index contributed by atoms with van der Waals surface area (Å²) in [5, 5.41) is 12.9. The van der Waals surface area contributed by atoms with Gasteiger partial charge in [-0.05, 0) is 31.9 Å². The number of aryl methyl sites for hydroxylation is 1. The Bertz CT molecular complexity index is 739. The van der Waals surface area contributed by atoms with Gasteiger partial charge in [0.1, 0.15) is 5.82 Å². The van der Waals surface area contributed by atoms with Crippen LogP contribution >= 0.6 is 35.0 Å². The van der Waals surface area contributed by atoms with Crippen molar-refractivity contribution in [1.29, 1.82) is 0 Å². The number of rotatable bonds is 5. The SMILES string of the molecule is Cc1nnc(SCC(=O)Nc2c(Cl)cccc2Cl)n1C1CCCCC1. The van der Waals surface area contributed by atoms with Crippen molar-refractivity contribution in [1.82, 2.24) is 14.8 Å². The Morgan fingerprint density at radius 1 is 1.24 bits per heavy atom. The minimum Gasteiger partial charge on any atom is -0.323 e. The molecule has 3 rings (SSSR count). The van der Waals surface area contributed by atoms with E-state index in [1.807, 2.05) is 6.92 Å². The molecule has 25 heavy (non-hydrogen) atoms. The van der Waals surface area contributed by atoms with Crippen LogP contribution in [0.15, 0.2) is 23.4 Å². The van der Waals surface area contributed by atoms with E-state index in [9.17, 15) is 4.79 Å². The van der Waals surface area contributed by atoms with E-state index in [0.29, 0.717) is 21.8 Å². The van der Waals surface area contributed by atoms with Crippen molar-refractivity contribution in [2.75, 3.05) is 11.1 Å². The molecule has 8 heteroatoms. The van der Waals surface area contributed by atoms with E-state index in [2.05, 4.69) is 20.1 Å². The van der Waals surface area contributed by atoms with Crippen LogP contribution in [0.25, 0.3) is 0 Å². The van der Waals surface area contributed by atoms with Crippen LogP contribution in [0.1, 0.15) is 44.0 Å². The molecular formula is C17H20Cl2N4OS. The molecule has 1 aliphatic rings. The van der Waals surface area contributed by atoms with E-state index in [1.54, 1.807) is 18.2 Å². The normalized spacial score (nSPS) is 15.3. The number of benzene rings is 1. The van der Waals surface area contributed by atoms with Crippen LogP contribution in [0.5, 0.6) is 0 Å². The van der Waals surface area contributed by atoms with Crippen molar-refractivity contribution in [3.8, 4) is 0 Å². The average molecular weight is 399 g/mol. The lowest BCUT2D eigenvalue weighted by atomic mass is 9.95. The summed E-state index contributed by atoms with van der Waals surface area (Å²) in [6, 6.07) is 5.57. The third-order valence-corrected chi connectivity index (χ3v) is 5.91. The molecule has 1 saturated carbocycles. The van der Waals surface area contributed by atoms with Crippen molar-refractivity contribution in [2.24, 2.45) is 0 Å². The molecule has 5 nitrogen and oxygen atoms in total. The predicted octanol–water partition coefficient (Wildman–Crippen LogP) is 5.13. The van der Waals surface area contributed by atoms with Crippen LogP contribution in [-0.2, 0) is 4.79 Å². The number of anilines is 1. The largest absolute Gasteiger partial charge is 0.323 e. The number of nitrogens with zero attached hydrogens (tertiary/aromatic N) is 3. The monoisotopic (exact) mass is 398 g/mol. The minimum absolute atomic E-state index is 0.171. The number of hydrogen-bond acceptors (Lipinski definition) is 4. The Balaban J connectivity index is 1.65. The van der Waals surface area contributed by atoms with Gasteiger partial charge in [0.25, 0.3) is 0 Å². The Kier molecular flexibility index (Phi) is 6.25. The fourth-order valence-electron chi connectivity index (χ4n) is 3.13. The molecule has 1 heterocycles. The van der Waals surface area contributed by atoms with Gasteiger partial charge in [-0.1, -0.05) is 60.3 Å². The van der Waals surface area contributed by atoms with Crippen LogP contribution in [0.4, 0.5) is 5.69 Å². The summed E-state index contributed by atoms with van der Waals surface area (Å²) >= 11 is 13.6. The van der Waals surface area contributed by atoms with E-state index in [4.69, 9.17) is 23.2 Å². The summed E-state index contributed by atoms with van der Waals surface area (Å²) in [6.07, 6.45) is 6.05. The zero-order valence-corrected chi connectivity index (χ0v) is 16.3. The molecule has 0 saturated heterocycles. The van der Waals surface area contributed by atoms with E-state index in [0.717, 1.165) is 23.8 Å². The number of aromatic nitrogens is 3. The fourth-order valence-corrected chi connectivity index (χ4v) is 4.47. The standard InChI is InChI=1S/C17H20Cl2N4OS/c1-11-21-22-17(23(11)12-6-3-2-4-7-12)25-10-15(24)20-16-13(18)8-5-9-14(16)19/h5,8-9,12H,2-4,6-7,10H2,1H3,(H,20,24). The maximum absolute atomic E-state index is 12.3. The van der Waals surface area contributed by atoms with Crippen molar-refractivity contribution >= 4 is 46.6 Å². The lowest BCUT2D eigenvalue weighted by molar-refractivity contribution is -0.113. The summed E-state index contributed by atoms with van der Waals surface area (Å²) in [4.78, 5) is 12.3. The topological polar surface area (TPSA) is 59.8 Å². The van der Waals surface area contributed by atoms with Gasteiger partial charge >= 0.3 is 0 Å². The number of carbonyl (C=O) groups is 1. The van der Waals surface area contributed by atoms with Gasteiger partial charge < -0.3 is 9.88 Å². The molecule has 1 aromatic carbocycles. The van der Waals surface area contributed by atoms with Crippen molar-refractivity contribution in [3.05, 3.63) is 34.1 Å². The summed E-state index contributed by atoms with van der Waals surface area (Å²) in [5.41, 5.74) is 0.446. The number of nitrogens with one attached hydrogen (secondary N) is 1. The zero-order valence-electron chi connectivity index (χ0n) is 14.0. The summed E-state index contributed by atoms with van der Waals surface area (Å²) in [6.45, 7) is 1.97. The van der Waals surface area contributed by atoms with E-state index >= 15 is 0 Å². The molecule has 2 aromatic rings. The first kappa shape index (κ1) is 18.5. The number of halogens is 2. The molecule has 0 aliphatic heterocycles. The van der Waals surface area contributed by atoms with Gasteiger partial charge in [0.15, 0.2) is 5.16 Å². The highest BCUT2D eigenvalue weighted by Gasteiger charge is 2.22. The second-order valence-corrected chi connectivity index (χ2v) is 7.88. The van der Waals surface area contributed by atoms with E-state index in [-0.39, 0.29) is 11.7 Å². The number of thioether (sulfide) groups is 1. The molecule has 0 spiro atoms. The molecule has 134 valence electrons. The molecular weight excluding hydrogens is 379 g/mol. The number of hydrogen-bond donors (Lipinski definition) is 1. The van der Waals surface area contributed by atoms with E-state index in [1.165, 1.54) is 31.0 Å². The second kappa shape index (κ2) is 8.43. The highest BCUT2D eigenvalue weighted by molar-refractivity contribution is 7.99. The quantitative estimate of drug-likeness (QED) is 0.709. The highest BCUT2D eigenvalue weighted by atomic mass is 35.5. The zero-order chi connectivity index (χ0) is 17.8. The van der Waals surface area contributed by atoms with Gasteiger partial charge in [-0.3, -0.25) is 4.79 Å². The predicted molar refractivity (Wildman–Crippen MR) is 103 cm³/mol. The molecule has 1 amide bonds. The molecule has 0 bridgehead atoms. The Hall–Kier alpha value is -1.24. The van der Waals surface area contributed by atoms with Crippen LogP contribution in [-0.4, -0.2) is 26.4 Å². The summed E-state index contributed by atoms with van der Waals surface area (Å²) < 4.78 is 2.18. The fraction of sp³-hybridized carbons (Fsp3) is 0.471. The van der Waals surface area contributed by atoms with Crippen LogP contribution in [0, 0.1) is 6.92 Å². The van der Waals surface area contributed by atoms with Crippen LogP contribution in [0.2, 0.25) is 10.0 Å². The Morgan fingerprint density at radius 2 is 1.92 bits per heavy atom. The molecule has 1 aromatic heterocycles. The van der Waals surface area contributed by atoms with Crippen LogP contribution in [0.3, 0.4) is 0 Å². The third-order valence-electron chi connectivity index (χ3n) is 4.33. The number of para-hydroxylation sites is 1. The second-order valence-electron chi connectivity index (χ2n) is 6.13. The molecule has 1 N–H and O–H groups in total. The number of amides is 1. The van der Waals surface area contributed by atoms with Gasteiger partial charge in [-0.25, -0.2) is 0 Å². The maximum Gasteiger partial charge on any atom is 0.234 e. The smallest absolute Gasteiger partial charge is 0.234 e. The minimum atomic E-state index is -0.171. The Labute approximate surface area is 161 Å². The van der Waals surface area contributed by atoms with Crippen LogP contribution < -0.4 is 5.32 Å². The average Bonchev–Trinajstić information content (AvgIpc) is 2.98. The third kappa shape index (κ3) is 4.49. The first-order chi connectivity index (χ1) is 12.1. The maximum atomic E-state index is 12.3. The van der Waals surface area contributed by atoms with Crippen molar-refractivity contribution in [3.63, 3.8) is 0 Å². The lowest BCUT2D eigenvalue weighted by Crippen LogP contribution is -2.17. The van der Waals surface area contributed by atoms with Gasteiger partial charge in [0.2, 0.25) is 5.91 Å². The van der Waals surface area contributed by atoms with Crippen molar-refractivity contribution < 1.29 is 4.79 Å². The lowest BCUT2D eigenvalue weighted by Gasteiger charge is -2.24. The summed E-state index contributed by atoms with van der Waals surface area (Å²) in [5.74, 6) is 0.965. The first-order valence-electron chi connectivity index (χ1n) is 8.34. The van der Waals surface area contributed by atoms with Gasteiger partial charge in [0, 0.05) is 6.04 Å². The summed E-state index contributed by atoms with van der Waals surface area (Å²) in [7, 11) is 0. The highest BCUT2D eigenvalue weighted by Crippen LogP contribution is 2.33. The van der Waals surface area contributed by atoms with Gasteiger partial charge in [-0.2, -0.15) is 0 Å². The molecule has 0 atom stereocenters.